The van der Waals surface area contributed by atoms with Crippen molar-refractivity contribution in [1.82, 2.24) is 0 Å². The van der Waals surface area contributed by atoms with Gasteiger partial charge in [-0.3, -0.25) is 0 Å². The molecule has 0 atom stereocenters. The number of hydrogen-bond donors (Lipinski definition) is 7. The molecule has 0 aromatic carbocycles. The summed E-state index contributed by atoms with van der Waals surface area (Å²) in [6.45, 7) is 0. The molecule has 0 saturated carbocycles. The fourth-order valence-electron chi connectivity index (χ4n) is 0. The average molecular weight is 308 g/mol. The first kappa shape index (κ1) is 8.41. The molecule has 0 unspecified atom stereocenters. The van der Waals surface area contributed by atoms with Crippen LogP contribution in [0.4, 0.5) is 0 Å². The third kappa shape index (κ3) is 1120. The van der Waals surface area contributed by atoms with Gasteiger partial charge in [0.05, 0.1) is 0 Å². The first-order chi connectivity index (χ1) is 2.65. The molecule has 8 heavy (non-hydrogen) atoms. The van der Waals surface area contributed by atoms with Crippen LogP contribution < -0.4 is 25.8 Å². The van der Waals surface area contributed by atoms with E-state index < -0.39 is 14.2 Å². The summed E-state index contributed by atoms with van der Waals surface area (Å²) in [7, 11) is 0. The molecule has 0 aromatic heterocycles. The van der Waals surface area contributed by atoms with Crippen LogP contribution in [0.25, 0.3) is 0 Å². The molecule has 0 amide bonds. The molecule has 8 heteroatoms. The standard InChI is InChI=1S/6H2N.H2O.Pt/h7*1H2;/q6*-1;;+7/p-1. The molecule has 0 radical (unpaired) electrons. The molecule has 0 spiro atoms. The summed E-state index contributed by atoms with van der Waals surface area (Å²) in [5.41, 5.74) is 0. The Hall–Kier alpha value is 0.408. The van der Waals surface area contributed by atoms with Gasteiger partial charge in [-0.1, -0.05) is 0 Å². The fourth-order valence-corrected chi connectivity index (χ4v) is 0. The molecule has 0 fully saturated rings. The number of hydrogen-bond acceptors (Lipinski definition) is 7. The zero-order valence-corrected chi connectivity index (χ0v) is 6.50. The molecular formula is H13N6OPt. The van der Waals surface area contributed by atoms with Crippen LogP contribution in [0.15, 0.2) is 0 Å². The Labute approximate surface area is 44.3 Å². The third-order valence-electron chi connectivity index (χ3n) is 0. The molecule has 0 aliphatic rings. The van der Waals surface area contributed by atoms with Crippen molar-refractivity contribution in [2.75, 3.05) is 0 Å². The Bertz CT molecular complexity index is 101. The molecule has 0 aliphatic heterocycles. The van der Waals surface area contributed by atoms with Gasteiger partial charge in [0.15, 0.2) is 0 Å². The summed E-state index contributed by atoms with van der Waals surface area (Å²) in [6, 6.07) is 0. The van der Waals surface area contributed by atoms with Crippen molar-refractivity contribution < 1.29 is 18.0 Å². The first-order valence-electron chi connectivity index (χ1n) is 1.24. The van der Waals surface area contributed by atoms with E-state index in [-0.39, 0.29) is 0 Å². The van der Waals surface area contributed by atoms with E-state index in [4.69, 9.17) is 29.5 Å². The van der Waals surface area contributed by atoms with Crippen LogP contribution in [-0.4, -0.2) is 3.76 Å². The maximum absolute atomic E-state index is 8.76. The molecule has 0 bridgehead atoms. The second-order valence-electron chi connectivity index (χ2n) is 2.07. The normalized spacial score (nSPS) is 27.1. The summed E-state index contributed by atoms with van der Waals surface area (Å²) in [5, 5.41) is 0. The van der Waals surface area contributed by atoms with E-state index in [2.05, 4.69) is 0 Å². The van der Waals surface area contributed by atoms with E-state index in [1.54, 1.807) is 0 Å². The molecule has 13 N–H and O–H groups in total. The van der Waals surface area contributed by atoms with Crippen LogP contribution in [0.3, 0.4) is 0 Å². The zero-order chi connectivity index (χ0) is 7.38. The van der Waals surface area contributed by atoms with Crippen LogP contribution in [0.2, 0.25) is 0 Å². The summed E-state index contributed by atoms with van der Waals surface area (Å²) < 4.78 is 37.0. The molecule has 0 heterocycles. The van der Waals surface area contributed by atoms with Crippen LogP contribution in [0.5, 0.6) is 0 Å². The third-order valence-corrected chi connectivity index (χ3v) is 0. The van der Waals surface area contributed by atoms with Gasteiger partial charge in [0, 0.05) is 0 Å². The van der Waals surface area contributed by atoms with Gasteiger partial charge >= 0.3 is 43.7 Å². The topological polar surface area (TPSA) is 176 Å². The van der Waals surface area contributed by atoms with Crippen molar-refractivity contribution >= 4 is 0 Å². The Morgan fingerprint density at radius 1 is 0.750 bits per heavy atom. The van der Waals surface area contributed by atoms with Crippen LogP contribution in [-0.2, 0) is 14.2 Å². The van der Waals surface area contributed by atoms with Crippen molar-refractivity contribution in [3.05, 3.63) is 0 Å². The Kier molecular flexibility index (Phi) is 0.698. The van der Waals surface area contributed by atoms with E-state index in [1.807, 2.05) is 0 Å². The van der Waals surface area contributed by atoms with Crippen molar-refractivity contribution in [2.45, 2.75) is 0 Å². The summed E-state index contributed by atoms with van der Waals surface area (Å²) in [6.07, 6.45) is 0. The van der Waals surface area contributed by atoms with Crippen LogP contribution in [0, 0.1) is 0 Å². The van der Waals surface area contributed by atoms with E-state index in [1.165, 1.54) is 0 Å². The maximum atomic E-state index is 8.76. The summed E-state index contributed by atoms with van der Waals surface area (Å²) >= 11 is -6.67. The van der Waals surface area contributed by atoms with Crippen molar-refractivity contribution in [3.63, 3.8) is 0 Å². The van der Waals surface area contributed by atoms with Crippen molar-refractivity contribution in [3.8, 4) is 0 Å². The Morgan fingerprint density at radius 2 is 0.750 bits per heavy atom. The van der Waals surface area contributed by atoms with Gasteiger partial charge in [0.25, 0.3) is 0 Å². The second kappa shape index (κ2) is 0.664. The van der Waals surface area contributed by atoms with Gasteiger partial charge in [-0.05, 0) is 0 Å². The molecule has 0 saturated heterocycles. The van der Waals surface area contributed by atoms with Gasteiger partial charge in [0.2, 0.25) is 0 Å². The van der Waals surface area contributed by atoms with Crippen molar-refractivity contribution in [2.24, 2.45) is 25.8 Å². The molecule has 7 nitrogen and oxygen atoms in total. The minimum atomic E-state index is -6.67. The molecule has 0 rings (SSSR count). The van der Waals surface area contributed by atoms with E-state index >= 15 is 0 Å². The predicted octanol–water partition coefficient (Wildman–Crippen LogP) is -4.10. The van der Waals surface area contributed by atoms with Gasteiger partial charge in [-0.2, -0.15) is 0 Å². The Balaban J connectivity index is 5.14. The van der Waals surface area contributed by atoms with Gasteiger partial charge < -0.3 is 0 Å². The minimum absolute atomic E-state index is 4.70. The number of rotatable bonds is 0. The first-order valence-corrected chi connectivity index (χ1v) is 10.1. The van der Waals surface area contributed by atoms with Crippen molar-refractivity contribution in [1.29, 1.82) is 0 Å². The van der Waals surface area contributed by atoms with E-state index in [0.29, 0.717) is 0 Å². The van der Waals surface area contributed by atoms with Gasteiger partial charge in [-0.15, -0.1) is 0 Å². The summed E-state index contributed by atoms with van der Waals surface area (Å²) in [5.74, 6) is 0. The molecule has 0 aliphatic carbocycles. The second-order valence-corrected chi connectivity index (χ2v) is 17.0. The quantitative estimate of drug-likeness (QED) is 0.238. The predicted molar refractivity (Wildman–Crippen MR) is 27.3 cm³/mol. The SMILES string of the molecule is [NH2][Pt]([NH2])([NH2])([NH2])([NH2])([NH2])[OH]. The van der Waals surface area contributed by atoms with E-state index in [9.17, 15) is 0 Å². The van der Waals surface area contributed by atoms with Crippen LogP contribution >= 0.6 is 0 Å². The fraction of sp³-hybridized carbons (Fsp3) is 0. The summed E-state index contributed by atoms with van der Waals surface area (Å²) in [4.78, 5) is 0. The van der Waals surface area contributed by atoms with Gasteiger partial charge in [-0.25, -0.2) is 0 Å². The molecule has 59 valence electrons. The van der Waals surface area contributed by atoms with Crippen LogP contribution in [0.1, 0.15) is 0 Å². The van der Waals surface area contributed by atoms with Gasteiger partial charge in [0.1, 0.15) is 0 Å². The Morgan fingerprint density at radius 3 is 0.750 bits per heavy atom. The zero-order valence-electron chi connectivity index (χ0n) is 4.23. The average Bonchev–Trinajstić information content (AvgIpc) is 0.544. The number of nitrogens with two attached hydrogens (primary N) is 6. The molecular weight excluding hydrogens is 295 g/mol. The monoisotopic (exact) mass is 308 g/mol. The molecule has 0 aromatic rings. The van der Waals surface area contributed by atoms with E-state index in [0.717, 1.165) is 0 Å².